The summed E-state index contributed by atoms with van der Waals surface area (Å²) in [5.41, 5.74) is 0.971. The Morgan fingerprint density at radius 2 is 2.06 bits per heavy atom. The van der Waals surface area contributed by atoms with Crippen molar-refractivity contribution in [3.05, 3.63) is 28.6 Å². The van der Waals surface area contributed by atoms with Gasteiger partial charge in [0.1, 0.15) is 9.77 Å². The fraction of sp³-hybridized carbons (Fsp3) is 0.182. The number of ether oxygens (including phenoxy) is 1. The third-order valence-corrected chi connectivity index (χ3v) is 5.05. The smallest absolute Gasteiger partial charge is 0.349 e. The summed E-state index contributed by atoms with van der Waals surface area (Å²) in [5.74, 6) is -0.701. The normalized spacial score (nSPS) is 11.7. The van der Waals surface area contributed by atoms with Crippen molar-refractivity contribution in [2.24, 2.45) is 0 Å². The van der Waals surface area contributed by atoms with Crippen molar-refractivity contribution in [3.63, 3.8) is 0 Å². The molecule has 0 fully saturated rings. The minimum Gasteiger partial charge on any atom is -0.465 e. The average molecular weight is 305 g/mol. The van der Waals surface area contributed by atoms with E-state index >= 15 is 0 Å². The highest BCUT2D eigenvalue weighted by Gasteiger charge is 2.27. The fourth-order valence-electron chi connectivity index (χ4n) is 1.65. The highest BCUT2D eigenvalue weighted by atomic mass is 35.7. The third-order valence-electron chi connectivity index (χ3n) is 2.41. The second kappa shape index (κ2) is 4.53. The summed E-state index contributed by atoms with van der Waals surface area (Å²) in [6, 6.07) is 5.21. The number of carbonyl (C=O) groups excluding carboxylic acids is 1. The van der Waals surface area contributed by atoms with Gasteiger partial charge >= 0.3 is 5.97 Å². The van der Waals surface area contributed by atoms with Crippen LogP contribution in [0.1, 0.15) is 15.2 Å². The number of halogens is 1. The molecular weight excluding hydrogens is 296 g/mol. The molecule has 4 nitrogen and oxygen atoms in total. The lowest BCUT2D eigenvalue weighted by atomic mass is 10.2. The molecule has 0 atom stereocenters. The Hall–Kier alpha value is -1.11. The molecule has 0 N–H and O–H groups in total. The Kier molecular flexibility index (Phi) is 3.35. The van der Waals surface area contributed by atoms with E-state index in [-0.39, 0.29) is 9.77 Å². The second-order valence-corrected chi connectivity index (χ2v) is 7.24. The van der Waals surface area contributed by atoms with Gasteiger partial charge in [-0.1, -0.05) is 12.1 Å². The van der Waals surface area contributed by atoms with E-state index in [0.717, 1.165) is 16.9 Å². The summed E-state index contributed by atoms with van der Waals surface area (Å²) >= 11 is 1.06. The summed E-state index contributed by atoms with van der Waals surface area (Å²) in [5, 5.41) is 0.445. The molecule has 7 heteroatoms. The van der Waals surface area contributed by atoms with Crippen molar-refractivity contribution in [1.82, 2.24) is 0 Å². The van der Waals surface area contributed by atoms with E-state index < -0.39 is 15.0 Å². The monoisotopic (exact) mass is 304 g/mol. The molecule has 2 rings (SSSR count). The number of rotatable bonds is 2. The van der Waals surface area contributed by atoms with Gasteiger partial charge in [0.2, 0.25) is 0 Å². The van der Waals surface area contributed by atoms with Crippen LogP contribution in [0, 0.1) is 6.92 Å². The van der Waals surface area contributed by atoms with Crippen LogP contribution in [0.25, 0.3) is 10.1 Å². The molecule has 0 amide bonds. The van der Waals surface area contributed by atoms with Gasteiger partial charge in [0.15, 0.2) is 0 Å². The molecule has 0 aliphatic heterocycles. The van der Waals surface area contributed by atoms with Gasteiger partial charge in [-0.3, -0.25) is 0 Å². The van der Waals surface area contributed by atoms with Crippen LogP contribution < -0.4 is 0 Å². The topological polar surface area (TPSA) is 60.4 Å². The van der Waals surface area contributed by atoms with Gasteiger partial charge in [-0.25, -0.2) is 13.2 Å². The Morgan fingerprint density at radius 3 is 2.61 bits per heavy atom. The number of thiophene rings is 1. The molecule has 1 heterocycles. The molecule has 0 saturated carbocycles. The lowest BCUT2D eigenvalue weighted by Crippen LogP contribution is -2.03. The van der Waals surface area contributed by atoms with Crippen LogP contribution in [-0.4, -0.2) is 21.5 Å². The quantitative estimate of drug-likeness (QED) is 0.632. The maximum atomic E-state index is 11.6. The van der Waals surface area contributed by atoms with Crippen molar-refractivity contribution in [2.45, 2.75) is 11.8 Å². The molecule has 0 aliphatic rings. The first-order chi connectivity index (χ1) is 8.34. The number of hydrogen-bond acceptors (Lipinski definition) is 5. The van der Waals surface area contributed by atoms with Gasteiger partial charge in [0.25, 0.3) is 9.05 Å². The molecule has 0 unspecified atom stereocenters. The zero-order valence-electron chi connectivity index (χ0n) is 9.56. The van der Waals surface area contributed by atoms with E-state index in [1.165, 1.54) is 7.11 Å². The number of esters is 1. The summed E-state index contributed by atoms with van der Waals surface area (Å²) in [6.07, 6.45) is 0. The van der Waals surface area contributed by atoms with Gasteiger partial charge in [0, 0.05) is 20.8 Å². The zero-order chi connectivity index (χ0) is 13.5. The SMILES string of the molecule is COC(=O)c1sc2cc(C)ccc2c1S(=O)(=O)Cl. The zero-order valence-corrected chi connectivity index (χ0v) is 11.9. The predicted molar refractivity (Wildman–Crippen MR) is 70.9 cm³/mol. The minimum atomic E-state index is -4.00. The van der Waals surface area contributed by atoms with Crippen LogP contribution in [0.2, 0.25) is 0 Å². The second-order valence-electron chi connectivity index (χ2n) is 3.69. The fourth-order valence-corrected chi connectivity index (χ4v) is 4.65. The Bertz CT molecular complexity index is 731. The molecule has 1 aromatic carbocycles. The maximum absolute atomic E-state index is 11.6. The van der Waals surface area contributed by atoms with Gasteiger partial charge < -0.3 is 4.74 Å². The minimum absolute atomic E-state index is 0.00750. The van der Waals surface area contributed by atoms with Crippen molar-refractivity contribution in [1.29, 1.82) is 0 Å². The van der Waals surface area contributed by atoms with Crippen molar-refractivity contribution < 1.29 is 17.9 Å². The van der Waals surface area contributed by atoms with Crippen LogP contribution in [0.3, 0.4) is 0 Å². The Labute approximate surface area is 113 Å². The van der Waals surface area contributed by atoms with Gasteiger partial charge in [-0.05, 0) is 18.6 Å². The maximum Gasteiger partial charge on any atom is 0.349 e. The largest absolute Gasteiger partial charge is 0.465 e. The molecule has 96 valence electrons. The standard InChI is InChI=1S/C11H9ClO4S2/c1-6-3-4-7-8(5-6)17-9(11(13)16-2)10(7)18(12,14)15/h3-5H,1-2H3. The van der Waals surface area contributed by atoms with Crippen molar-refractivity contribution in [3.8, 4) is 0 Å². The molecule has 0 spiro atoms. The van der Waals surface area contributed by atoms with Crippen molar-refractivity contribution in [2.75, 3.05) is 7.11 Å². The lowest BCUT2D eigenvalue weighted by molar-refractivity contribution is 0.0602. The van der Waals surface area contributed by atoms with Crippen LogP contribution >= 0.6 is 22.0 Å². The van der Waals surface area contributed by atoms with Crippen LogP contribution in [0.5, 0.6) is 0 Å². The molecular formula is C11H9ClO4S2. The van der Waals surface area contributed by atoms with Crippen LogP contribution in [0.4, 0.5) is 0 Å². The van der Waals surface area contributed by atoms with E-state index in [4.69, 9.17) is 10.7 Å². The van der Waals surface area contributed by atoms with E-state index in [1.54, 1.807) is 18.2 Å². The third kappa shape index (κ3) is 2.23. The lowest BCUT2D eigenvalue weighted by Gasteiger charge is -1.99. The number of hydrogen-bond donors (Lipinski definition) is 0. The van der Waals surface area contributed by atoms with E-state index in [1.807, 2.05) is 6.92 Å². The molecule has 1 aromatic heterocycles. The summed E-state index contributed by atoms with van der Waals surface area (Å²) in [6.45, 7) is 1.88. The highest BCUT2D eigenvalue weighted by Crippen LogP contribution is 2.37. The van der Waals surface area contributed by atoms with E-state index in [0.29, 0.717) is 10.1 Å². The Balaban J connectivity index is 2.89. The average Bonchev–Trinajstić information content (AvgIpc) is 2.65. The molecule has 0 bridgehead atoms. The number of benzene rings is 1. The van der Waals surface area contributed by atoms with Gasteiger partial charge in [0.05, 0.1) is 7.11 Å². The highest BCUT2D eigenvalue weighted by molar-refractivity contribution is 8.14. The molecule has 18 heavy (non-hydrogen) atoms. The van der Waals surface area contributed by atoms with E-state index in [9.17, 15) is 13.2 Å². The van der Waals surface area contributed by atoms with Crippen LogP contribution in [-0.2, 0) is 13.8 Å². The first-order valence-corrected chi connectivity index (χ1v) is 8.03. The Morgan fingerprint density at radius 1 is 1.39 bits per heavy atom. The summed E-state index contributed by atoms with van der Waals surface area (Å²) in [7, 11) is 2.59. The predicted octanol–water partition coefficient (Wildman–Crippen LogP) is 2.92. The first kappa shape index (κ1) is 13.3. The van der Waals surface area contributed by atoms with Crippen molar-refractivity contribution >= 4 is 47.1 Å². The summed E-state index contributed by atoms with van der Waals surface area (Å²) in [4.78, 5) is 11.4. The summed E-state index contributed by atoms with van der Waals surface area (Å²) < 4.78 is 28.5. The van der Waals surface area contributed by atoms with Crippen LogP contribution in [0.15, 0.2) is 23.1 Å². The molecule has 0 radical (unpaired) electrons. The van der Waals surface area contributed by atoms with Gasteiger partial charge in [-0.2, -0.15) is 0 Å². The number of fused-ring (bicyclic) bond motifs is 1. The number of methoxy groups -OCH3 is 1. The molecule has 0 aliphatic carbocycles. The number of aryl methyl sites for hydroxylation is 1. The first-order valence-electron chi connectivity index (χ1n) is 4.90. The van der Waals surface area contributed by atoms with Gasteiger partial charge in [-0.15, -0.1) is 11.3 Å². The van der Waals surface area contributed by atoms with E-state index in [2.05, 4.69) is 4.74 Å². The molecule has 2 aromatic rings. The number of carbonyl (C=O) groups is 1. The molecule has 0 saturated heterocycles.